The highest BCUT2D eigenvalue weighted by molar-refractivity contribution is 5.89. The molecule has 0 fully saturated rings. The van der Waals surface area contributed by atoms with Crippen molar-refractivity contribution in [3.63, 3.8) is 0 Å². The standard InChI is InChI=1S/C8H8N6O/c9-7-11-5-14(13-7)8(15)12-6-3-1-2-4-10-6/h1-5H,(H2,9,13)(H,10,12,15). The predicted octanol–water partition coefficient (Wildman–Crippen LogP) is 0.336. The molecule has 0 aliphatic heterocycles. The van der Waals surface area contributed by atoms with E-state index in [1.54, 1.807) is 24.4 Å². The third-order valence-electron chi connectivity index (χ3n) is 1.62. The first-order chi connectivity index (χ1) is 7.25. The number of nitrogens with zero attached hydrogens (tertiary/aromatic N) is 4. The summed E-state index contributed by atoms with van der Waals surface area (Å²) in [5, 5.41) is 6.18. The van der Waals surface area contributed by atoms with Crippen LogP contribution in [0.1, 0.15) is 0 Å². The van der Waals surface area contributed by atoms with Gasteiger partial charge in [-0.05, 0) is 12.1 Å². The zero-order valence-electron chi connectivity index (χ0n) is 7.66. The van der Waals surface area contributed by atoms with Crippen LogP contribution in [0, 0.1) is 0 Å². The number of hydrogen-bond acceptors (Lipinski definition) is 5. The van der Waals surface area contributed by atoms with E-state index in [2.05, 4.69) is 20.4 Å². The van der Waals surface area contributed by atoms with Gasteiger partial charge in [0, 0.05) is 6.20 Å². The van der Waals surface area contributed by atoms with Crippen molar-refractivity contribution in [1.82, 2.24) is 19.7 Å². The van der Waals surface area contributed by atoms with E-state index in [1.807, 2.05) is 0 Å². The Labute approximate surface area is 85.0 Å². The Morgan fingerprint density at radius 3 is 2.87 bits per heavy atom. The molecule has 2 aromatic rings. The minimum Gasteiger partial charge on any atom is -0.366 e. The number of carbonyl (C=O) groups excluding carboxylic acids is 1. The quantitative estimate of drug-likeness (QED) is 0.697. The number of aromatic nitrogens is 4. The molecule has 0 saturated heterocycles. The van der Waals surface area contributed by atoms with Gasteiger partial charge < -0.3 is 5.73 Å². The van der Waals surface area contributed by atoms with Gasteiger partial charge in [0.05, 0.1) is 0 Å². The number of nitrogen functional groups attached to an aromatic ring is 1. The molecule has 0 atom stereocenters. The van der Waals surface area contributed by atoms with Gasteiger partial charge in [-0.15, -0.1) is 5.10 Å². The van der Waals surface area contributed by atoms with E-state index in [0.717, 1.165) is 4.68 Å². The second kappa shape index (κ2) is 3.74. The van der Waals surface area contributed by atoms with Crippen LogP contribution < -0.4 is 11.1 Å². The minimum atomic E-state index is -0.460. The molecular formula is C8H8N6O. The Balaban J connectivity index is 2.11. The maximum atomic E-state index is 11.5. The SMILES string of the molecule is Nc1ncn(C(=O)Nc2ccccn2)n1. The topological polar surface area (TPSA) is 98.7 Å². The van der Waals surface area contributed by atoms with Gasteiger partial charge >= 0.3 is 6.03 Å². The van der Waals surface area contributed by atoms with Gasteiger partial charge in [0.15, 0.2) is 0 Å². The highest BCUT2D eigenvalue weighted by atomic mass is 16.2. The van der Waals surface area contributed by atoms with Crippen molar-refractivity contribution in [2.75, 3.05) is 11.1 Å². The fourth-order valence-electron chi connectivity index (χ4n) is 0.977. The molecule has 15 heavy (non-hydrogen) atoms. The van der Waals surface area contributed by atoms with E-state index in [-0.39, 0.29) is 5.95 Å². The molecule has 7 heteroatoms. The van der Waals surface area contributed by atoms with Gasteiger partial charge in [-0.1, -0.05) is 6.07 Å². The molecule has 0 aliphatic carbocycles. The largest absolute Gasteiger partial charge is 0.366 e. The summed E-state index contributed by atoms with van der Waals surface area (Å²) in [4.78, 5) is 19.0. The summed E-state index contributed by atoms with van der Waals surface area (Å²) in [5.41, 5.74) is 5.27. The second-order valence-corrected chi connectivity index (χ2v) is 2.69. The summed E-state index contributed by atoms with van der Waals surface area (Å²) in [6, 6.07) is 4.72. The molecule has 2 aromatic heterocycles. The summed E-state index contributed by atoms with van der Waals surface area (Å²) in [7, 11) is 0. The lowest BCUT2D eigenvalue weighted by Crippen LogP contribution is -2.20. The van der Waals surface area contributed by atoms with Crippen LogP contribution in [0.15, 0.2) is 30.7 Å². The molecule has 2 heterocycles. The van der Waals surface area contributed by atoms with Crippen molar-refractivity contribution in [1.29, 1.82) is 0 Å². The number of carbonyl (C=O) groups is 1. The number of nitrogens with two attached hydrogens (primary N) is 1. The lowest BCUT2D eigenvalue weighted by atomic mass is 10.5. The lowest BCUT2D eigenvalue weighted by molar-refractivity contribution is 0.251. The first-order valence-corrected chi connectivity index (χ1v) is 4.15. The number of amides is 1. The van der Waals surface area contributed by atoms with E-state index < -0.39 is 6.03 Å². The van der Waals surface area contributed by atoms with Crippen LogP contribution in [0.5, 0.6) is 0 Å². The fourth-order valence-corrected chi connectivity index (χ4v) is 0.977. The number of nitrogens with one attached hydrogen (secondary N) is 1. The van der Waals surface area contributed by atoms with Gasteiger partial charge in [-0.25, -0.2) is 14.8 Å². The summed E-state index contributed by atoms with van der Waals surface area (Å²) in [6.45, 7) is 0. The highest BCUT2D eigenvalue weighted by Gasteiger charge is 2.06. The number of hydrogen-bond donors (Lipinski definition) is 2. The van der Waals surface area contributed by atoms with Crippen LogP contribution in [0.3, 0.4) is 0 Å². The Kier molecular flexibility index (Phi) is 2.28. The zero-order chi connectivity index (χ0) is 10.7. The molecule has 2 rings (SSSR count). The number of anilines is 2. The molecule has 0 aromatic carbocycles. The van der Waals surface area contributed by atoms with E-state index in [9.17, 15) is 4.79 Å². The van der Waals surface area contributed by atoms with Crippen molar-refractivity contribution >= 4 is 17.8 Å². The lowest BCUT2D eigenvalue weighted by Gasteiger charge is -2.01. The number of rotatable bonds is 1. The molecule has 0 bridgehead atoms. The van der Waals surface area contributed by atoms with Crippen LogP contribution in [-0.4, -0.2) is 25.8 Å². The summed E-state index contributed by atoms with van der Waals surface area (Å²) >= 11 is 0. The summed E-state index contributed by atoms with van der Waals surface area (Å²) in [5.74, 6) is 0.489. The molecule has 76 valence electrons. The normalized spacial score (nSPS) is 9.87. The smallest absolute Gasteiger partial charge is 0.349 e. The van der Waals surface area contributed by atoms with Gasteiger partial charge in [0.2, 0.25) is 5.95 Å². The van der Waals surface area contributed by atoms with Crippen molar-refractivity contribution < 1.29 is 4.79 Å². The Morgan fingerprint density at radius 2 is 2.27 bits per heavy atom. The molecule has 0 unspecified atom stereocenters. The first kappa shape index (κ1) is 9.13. The van der Waals surface area contributed by atoms with E-state index in [4.69, 9.17) is 5.73 Å². The molecule has 7 nitrogen and oxygen atoms in total. The summed E-state index contributed by atoms with van der Waals surface area (Å²) in [6.07, 6.45) is 2.80. The third kappa shape index (κ3) is 2.08. The fraction of sp³-hybridized carbons (Fsp3) is 0. The molecule has 1 amide bonds. The monoisotopic (exact) mass is 204 g/mol. The maximum Gasteiger partial charge on any atom is 0.349 e. The average Bonchev–Trinajstić information content (AvgIpc) is 2.66. The molecular weight excluding hydrogens is 196 g/mol. The van der Waals surface area contributed by atoms with E-state index >= 15 is 0 Å². The summed E-state index contributed by atoms with van der Waals surface area (Å²) < 4.78 is 1.00. The number of pyridine rings is 1. The van der Waals surface area contributed by atoms with Crippen LogP contribution in [-0.2, 0) is 0 Å². The molecule has 0 aliphatic rings. The van der Waals surface area contributed by atoms with Crippen molar-refractivity contribution in [3.8, 4) is 0 Å². The van der Waals surface area contributed by atoms with E-state index in [1.165, 1.54) is 6.33 Å². The van der Waals surface area contributed by atoms with Crippen LogP contribution >= 0.6 is 0 Å². The van der Waals surface area contributed by atoms with Crippen molar-refractivity contribution in [2.45, 2.75) is 0 Å². The van der Waals surface area contributed by atoms with Crippen molar-refractivity contribution in [3.05, 3.63) is 30.7 Å². The maximum absolute atomic E-state index is 11.5. The average molecular weight is 204 g/mol. The molecule has 0 spiro atoms. The van der Waals surface area contributed by atoms with E-state index in [0.29, 0.717) is 5.82 Å². The zero-order valence-corrected chi connectivity index (χ0v) is 7.66. The first-order valence-electron chi connectivity index (χ1n) is 4.15. The second-order valence-electron chi connectivity index (χ2n) is 2.69. The highest BCUT2D eigenvalue weighted by Crippen LogP contribution is 2.00. The van der Waals surface area contributed by atoms with Crippen LogP contribution in [0.4, 0.5) is 16.6 Å². The third-order valence-corrected chi connectivity index (χ3v) is 1.62. The van der Waals surface area contributed by atoms with Gasteiger partial charge in [0.25, 0.3) is 0 Å². The predicted molar refractivity (Wildman–Crippen MR) is 53.1 cm³/mol. The Hall–Kier alpha value is -2.44. The van der Waals surface area contributed by atoms with Crippen molar-refractivity contribution in [2.24, 2.45) is 0 Å². The molecule has 0 radical (unpaired) electrons. The van der Waals surface area contributed by atoms with Crippen LogP contribution in [0.2, 0.25) is 0 Å². The van der Waals surface area contributed by atoms with Gasteiger partial charge in [-0.2, -0.15) is 4.68 Å². The Morgan fingerprint density at radius 1 is 1.40 bits per heavy atom. The molecule has 3 N–H and O–H groups in total. The van der Waals surface area contributed by atoms with Gasteiger partial charge in [0.1, 0.15) is 12.1 Å². The van der Waals surface area contributed by atoms with Gasteiger partial charge in [-0.3, -0.25) is 5.32 Å². The molecule has 0 saturated carbocycles. The minimum absolute atomic E-state index is 0.0474. The Bertz CT molecular complexity index is 465. The van der Waals surface area contributed by atoms with Crippen LogP contribution in [0.25, 0.3) is 0 Å².